The van der Waals surface area contributed by atoms with Crippen molar-refractivity contribution in [2.24, 2.45) is 0 Å². The molecule has 0 aliphatic carbocycles. The van der Waals surface area contributed by atoms with Crippen LogP contribution in [0.25, 0.3) is 0 Å². The number of ether oxygens (including phenoxy) is 1. The first kappa shape index (κ1) is 18.9. The Labute approximate surface area is 146 Å². The number of benzene rings is 2. The Morgan fingerprint density at radius 3 is 2.36 bits per heavy atom. The standard InChI is InChI=1S/C19H22FNO4/c1-12-8-15(20)9-13(2)17(12)18(23)16(22)10-21-19(24)25-11-14-6-4-3-5-7-14/h3-9,16,18,22-23H,10-11H2,1-2H3,(H,21,24). The number of amides is 1. The molecule has 0 saturated carbocycles. The van der Waals surface area contributed by atoms with Gasteiger partial charge in [0, 0.05) is 6.54 Å². The van der Waals surface area contributed by atoms with E-state index in [1.807, 2.05) is 30.3 Å². The predicted molar refractivity (Wildman–Crippen MR) is 91.5 cm³/mol. The van der Waals surface area contributed by atoms with Crippen LogP contribution < -0.4 is 5.32 Å². The van der Waals surface area contributed by atoms with Gasteiger partial charge in [0.2, 0.25) is 0 Å². The van der Waals surface area contributed by atoms with Crippen LogP contribution in [0.2, 0.25) is 0 Å². The molecule has 0 aliphatic rings. The fourth-order valence-corrected chi connectivity index (χ4v) is 2.65. The average molecular weight is 347 g/mol. The molecule has 5 nitrogen and oxygen atoms in total. The third-order valence-electron chi connectivity index (χ3n) is 3.89. The molecular formula is C19H22FNO4. The molecule has 0 heterocycles. The minimum atomic E-state index is -1.24. The number of nitrogens with one attached hydrogen (secondary N) is 1. The van der Waals surface area contributed by atoms with Crippen LogP contribution in [0.15, 0.2) is 42.5 Å². The molecule has 1 amide bonds. The predicted octanol–water partition coefficient (Wildman–Crippen LogP) is 2.76. The van der Waals surface area contributed by atoms with Crippen LogP contribution in [0.5, 0.6) is 0 Å². The molecule has 0 radical (unpaired) electrons. The summed E-state index contributed by atoms with van der Waals surface area (Å²) in [6.45, 7) is 3.23. The highest BCUT2D eigenvalue weighted by Gasteiger charge is 2.23. The molecule has 2 rings (SSSR count). The van der Waals surface area contributed by atoms with Gasteiger partial charge >= 0.3 is 6.09 Å². The van der Waals surface area contributed by atoms with Crippen molar-refractivity contribution < 1.29 is 24.1 Å². The Morgan fingerprint density at radius 1 is 1.16 bits per heavy atom. The fourth-order valence-electron chi connectivity index (χ4n) is 2.65. The smallest absolute Gasteiger partial charge is 0.407 e. The van der Waals surface area contributed by atoms with Gasteiger partial charge in [-0.3, -0.25) is 0 Å². The maximum Gasteiger partial charge on any atom is 0.407 e. The first-order valence-electron chi connectivity index (χ1n) is 7.96. The van der Waals surface area contributed by atoms with Crippen LogP contribution in [-0.2, 0) is 11.3 Å². The SMILES string of the molecule is Cc1cc(F)cc(C)c1C(O)C(O)CNC(=O)OCc1ccccc1. The van der Waals surface area contributed by atoms with Gasteiger partial charge in [-0.25, -0.2) is 9.18 Å². The van der Waals surface area contributed by atoms with E-state index >= 15 is 0 Å². The average Bonchev–Trinajstić information content (AvgIpc) is 2.57. The fraction of sp³-hybridized carbons (Fsp3) is 0.316. The van der Waals surface area contributed by atoms with Crippen molar-refractivity contribution in [3.63, 3.8) is 0 Å². The summed E-state index contributed by atoms with van der Waals surface area (Å²) in [4.78, 5) is 11.7. The van der Waals surface area contributed by atoms with Gasteiger partial charge in [-0.2, -0.15) is 0 Å². The third-order valence-corrected chi connectivity index (χ3v) is 3.89. The van der Waals surface area contributed by atoms with Gasteiger partial charge in [-0.15, -0.1) is 0 Å². The number of carbonyl (C=O) groups excluding carboxylic acids is 1. The highest BCUT2D eigenvalue weighted by molar-refractivity contribution is 5.67. The van der Waals surface area contributed by atoms with Gasteiger partial charge in [0.25, 0.3) is 0 Å². The number of aryl methyl sites for hydroxylation is 2. The summed E-state index contributed by atoms with van der Waals surface area (Å²) in [5, 5.41) is 22.8. The van der Waals surface area contributed by atoms with E-state index in [-0.39, 0.29) is 13.2 Å². The molecule has 25 heavy (non-hydrogen) atoms. The minimum Gasteiger partial charge on any atom is -0.445 e. The number of hydrogen-bond acceptors (Lipinski definition) is 4. The van der Waals surface area contributed by atoms with Crippen molar-refractivity contribution in [1.82, 2.24) is 5.32 Å². The summed E-state index contributed by atoms with van der Waals surface area (Å²) in [6, 6.07) is 11.8. The lowest BCUT2D eigenvalue weighted by Gasteiger charge is -2.22. The van der Waals surface area contributed by atoms with Crippen molar-refractivity contribution in [3.05, 3.63) is 70.5 Å². The molecule has 0 aromatic heterocycles. The maximum atomic E-state index is 13.3. The lowest BCUT2D eigenvalue weighted by atomic mass is 9.94. The van der Waals surface area contributed by atoms with Crippen LogP contribution in [0.1, 0.15) is 28.4 Å². The number of aliphatic hydroxyl groups is 2. The number of aliphatic hydroxyl groups excluding tert-OH is 2. The molecule has 0 spiro atoms. The number of hydrogen-bond donors (Lipinski definition) is 3. The second-order valence-electron chi connectivity index (χ2n) is 5.91. The molecule has 0 aliphatic heterocycles. The molecule has 2 aromatic rings. The molecule has 134 valence electrons. The van der Waals surface area contributed by atoms with Gasteiger partial charge < -0.3 is 20.3 Å². The van der Waals surface area contributed by atoms with Gasteiger partial charge in [-0.1, -0.05) is 30.3 Å². The van der Waals surface area contributed by atoms with Crippen molar-refractivity contribution in [2.75, 3.05) is 6.54 Å². The van der Waals surface area contributed by atoms with Crippen LogP contribution in [0.3, 0.4) is 0 Å². The largest absolute Gasteiger partial charge is 0.445 e. The van der Waals surface area contributed by atoms with E-state index in [1.165, 1.54) is 12.1 Å². The number of carbonyl (C=O) groups is 1. The Kier molecular flexibility index (Phi) is 6.50. The van der Waals surface area contributed by atoms with Crippen molar-refractivity contribution in [2.45, 2.75) is 32.7 Å². The van der Waals surface area contributed by atoms with Gasteiger partial charge in [-0.05, 0) is 48.2 Å². The lowest BCUT2D eigenvalue weighted by Crippen LogP contribution is -2.36. The minimum absolute atomic E-state index is 0.113. The molecule has 2 atom stereocenters. The summed E-state index contributed by atoms with van der Waals surface area (Å²) >= 11 is 0. The first-order chi connectivity index (χ1) is 11.9. The van der Waals surface area contributed by atoms with Crippen molar-refractivity contribution in [1.29, 1.82) is 0 Å². The normalized spacial score (nSPS) is 13.2. The topological polar surface area (TPSA) is 78.8 Å². The maximum absolute atomic E-state index is 13.3. The summed E-state index contributed by atoms with van der Waals surface area (Å²) in [6.07, 6.45) is -3.18. The highest BCUT2D eigenvalue weighted by atomic mass is 19.1. The molecule has 3 N–H and O–H groups in total. The van der Waals surface area contributed by atoms with E-state index in [2.05, 4.69) is 5.32 Å². The molecule has 0 bridgehead atoms. The van der Waals surface area contributed by atoms with Gasteiger partial charge in [0.1, 0.15) is 24.6 Å². The third kappa shape index (κ3) is 5.27. The van der Waals surface area contributed by atoms with Crippen molar-refractivity contribution in [3.8, 4) is 0 Å². The zero-order chi connectivity index (χ0) is 18.4. The Hall–Kier alpha value is -2.44. The van der Waals surface area contributed by atoms with Crippen LogP contribution in [-0.4, -0.2) is 29.0 Å². The van der Waals surface area contributed by atoms with E-state index < -0.39 is 24.1 Å². The number of rotatable bonds is 6. The van der Waals surface area contributed by atoms with Crippen molar-refractivity contribution >= 4 is 6.09 Å². The van der Waals surface area contributed by atoms with E-state index in [0.29, 0.717) is 16.7 Å². The van der Waals surface area contributed by atoms with Gasteiger partial charge in [0.15, 0.2) is 0 Å². The monoisotopic (exact) mass is 347 g/mol. The highest BCUT2D eigenvalue weighted by Crippen LogP contribution is 2.25. The summed E-state index contributed by atoms with van der Waals surface area (Å²) in [5.74, 6) is -0.400. The number of alkyl carbamates (subject to hydrolysis) is 1. The Bertz CT molecular complexity index is 698. The van der Waals surface area contributed by atoms with E-state index in [9.17, 15) is 19.4 Å². The summed E-state index contributed by atoms with van der Waals surface area (Å²) < 4.78 is 18.4. The first-order valence-corrected chi connectivity index (χ1v) is 7.96. The summed E-state index contributed by atoms with van der Waals surface area (Å²) in [7, 11) is 0. The molecule has 0 fully saturated rings. The molecule has 2 unspecified atom stereocenters. The molecular weight excluding hydrogens is 325 g/mol. The van der Waals surface area contributed by atoms with Crippen LogP contribution in [0.4, 0.5) is 9.18 Å². The zero-order valence-corrected chi connectivity index (χ0v) is 14.2. The van der Waals surface area contributed by atoms with E-state index in [4.69, 9.17) is 4.74 Å². The second kappa shape index (κ2) is 8.60. The van der Waals surface area contributed by atoms with Gasteiger partial charge in [0.05, 0.1) is 0 Å². The summed E-state index contributed by atoms with van der Waals surface area (Å²) in [5.41, 5.74) is 2.37. The Balaban J connectivity index is 1.87. The quantitative estimate of drug-likeness (QED) is 0.751. The number of halogens is 1. The van der Waals surface area contributed by atoms with E-state index in [0.717, 1.165) is 5.56 Å². The van der Waals surface area contributed by atoms with Crippen LogP contribution >= 0.6 is 0 Å². The van der Waals surface area contributed by atoms with Crippen LogP contribution in [0, 0.1) is 19.7 Å². The zero-order valence-electron chi connectivity index (χ0n) is 14.2. The Morgan fingerprint density at radius 2 is 1.76 bits per heavy atom. The second-order valence-corrected chi connectivity index (χ2v) is 5.91. The van der Waals surface area contributed by atoms with E-state index in [1.54, 1.807) is 13.8 Å². The molecule has 6 heteroatoms. The molecule has 2 aromatic carbocycles. The lowest BCUT2D eigenvalue weighted by molar-refractivity contribution is 0.0176. The molecule has 0 saturated heterocycles.